The number of amides is 1. The Labute approximate surface area is 128 Å². The number of nitrogens with zero attached hydrogens (tertiary/aromatic N) is 1. The minimum absolute atomic E-state index is 0.118. The average Bonchev–Trinajstić information content (AvgIpc) is 3.13. The van der Waals surface area contributed by atoms with Gasteiger partial charge in [0.2, 0.25) is 0 Å². The smallest absolute Gasteiger partial charge is 0.410 e. The van der Waals surface area contributed by atoms with E-state index in [4.69, 9.17) is 4.74 Å². The minimum atomic E-state index is -0.216. The van der Waals surface area contributed by atoms with Crippen molar-refractivity contribution in [2.24, 2.45) is 0 Å². The zero-order valence-electron chi connectivity index (χ0n) is 11.6. The molecule has 0 saturated carbocycles. The molecule has 0 unspecified atom stereocenters. The van der Waals surface area contributed by atoms with Gasteiger partial charge in [0.1, 0.15) is 6.61 Å². The van der Waals surface area contributed by atoms with Crippen LogP contribution in [0.15, 0.2) is 53.9 Å². The number of hydrogen-bond donors (Lipinski definition) is 0. The SMILES string of the molecule is O=C1OC[C@@H](Cc2ccccc2)N1C/C=C/c1cccs1. The van der Waals surface area contributed by atoms with Crippen molar-refractivity contribution in [3.05, 3.63) is 64.4 Å². The number of hydrogen-bond acceptors (Lipinski definition) is 3. The summed E-state index contributed by atoms with van der Waals surface area (Å²) in [7, 11) is 0. The molecule has 1 atom stereocenters. The summed E-state index contributed by atoms with van der Waals surface area (Å²) in [5.41, 5.74) is 1.23. The summed E-state index contributed by atoms with van der Waals surface area (Å²) in [6.07, 6.45) is 4.69. The highest BCUT2D eigenvalue weighted by Gasteiger charge is 2.31. The van der Waals surface area contributed by atoms with Crippen LogP contribution in [-0.2, 0) is 11.2 Å². The highest BCUT2D eigenvalue weighted by atomic mass is 32.1. The van der Waals surface area contributed by atoms with Crippen LogP contribution in [0, 0.1) is 0 Å². The van der Waals surface area contributed by atoms with E-state index in [2.05, 4.69) is 24.3 Å². The van der Waals surface area contributed by atoms with E-state index in [0.717, 1.165) is 6.42 Å². The van der Waals surface area contributed by atoms with E-state index in [0.29, 0.717) is 13.2 Å². The Balaban J connectivity index is 1.62. The molecule has 1 aliphatic rings. The van der Waals surface area contributed by atoms with Crippen LogP contribution in [0.25, 0.3) is 6.08 Å². The maximum absolute atomic E-state index is 11.8. The van der Waals surface area contributed by atoms with Gasteiger partial charge in [0.15, 0.2) is 0 Å². The summed E-state index contributed by atoms with van der Waals surface area (Å²) < 4.78 is 5.19. The first-order chi connectivity index (χ1) is 10.3. The predicted octanol–water partition coefficient (Wildman–Crippen LogP) is 3.82. The van der Waals surface area contributed by atoms with Crippen molar-refractivity contribution < 1.29 is 9.53 Å². The van der Waals surface area contributed by atoms with Crippen LogP contribution in [0.4, 0.5) is 4.79 Å². The molecule has 3 rings (SSSR count). The third-order valence-electron chi connectivity index (χ3n) is 3.52. The fourth-order valence-electron chi connectivity index (χ4n) is 2.44. The van der Waals surface area contributed by atoms with Crippen LogP contribution < -0.4 is 0 Å². The summed E-state index contributed by atoms with van der Waals surface area (Å²) in [6.45, 7) is 1.06. The van der Waals surface area contributed by atoms with Gasteiger partial charge in [-0.3, -0.25) is 4.90 Å². The molecule has 1 aromatic carbocycles. The number of benzene rings is 1. The zero-order valence-corrected chi connectivity index (χ0v) is 12.5. The van der Waals surface area contributed by atoms with E-state index in [1.54, 1.807) is 16.2 Å². The molecular weight excluding hydrogens is 282 g/mol. The normalized spacial score (nSPS) is 18.4. The van der Waals surface area contributed by atoms with Gasteiger partial charge < -0.3 is 4.74 Å². The second-order valence-electron chi connectivity index (χ2n) is 4.99. The summed E-state index contributed by atoms with van der Waals surface area (Å²) >= 11 is 1.69. The second-order valence-corrected chi connectivity index (χ2v) is 5.97. The van der Waals surface area contributed by atoms with Crippen molar-refractivity contribution in [2.75, 3.05) is 13.2 Å². The van der Waals surface area contributed by atoms with Crippen molar-refractivity contribution in [1.82, 2.24) is 4.90 Å². The molecule has 0 aliphatic carbocycles. The number of carbonyl (C=O) groups excluding carboxylic acids is 1. The fraction of sp³-hybridized carbons (Fsp3) is 0.235. The fourth-order valence-corrected chi connectivity index (χ4v) is 3.08. The largest absolute Gasteiger partial charge is 0.447 e. The first-order valence-electron chi connectivity index (χ1n) is 7.00. The second kappa shape index (κ2) is 6.59. The summed E-state index contributed by atoms with van der Waals surface area (Å²) in [4.78, 5) is 14.8. The van der Waals surface area contributed by atoms with E-state index in [1.165, 1.54) is 10.4 Å². The van der Waals surface area contributed by atoms with Crippen LogP contribution in [0.1, 0.15) is 10.4 Å². The molecule has 108 valence electrons. The Kier molecular flexibility index (Phi) is 4.36. The highest BCUT2D eigenvalue weighted by molar-refractivity contribution is 7.10. The number of carbonyl (C=O) groups is 1. The quantitative estimate of drug-likeness (QED) is 0.840. The number of thiophene rings is 1. The summed E-state index contributed by atoms with van der Waals surface area (Å²) in [5, 5.41) is 2.04. The van der Waals surface area contributed by atoms with Gasteiger partial charge in [0.05, 0.1) is 6.04 Å². The van der Waals surface area contributed by atoms with Crippen molar-refractivity contribution in [1.29, 1.82) is 0 Å². The van der Waals surface area contributed by atoms with Gasteiger partial charge in [-0.25, -0.2) is 4.79 Å². The molecule has 0 bridgehead atoms. The lowest BCUT2D eigenvalue weighted by atomic mass is 10.1. The van der Waals surface area contributed by atoms with E-state index in [-0.39, 0.29) is 12.1 Å². The monoisotopic (exact) mass is 299 g/mol. The van der Waals surface area contributed by atoms with Crippen LogP contribution in [0.3, 0.4) is 0 Å². The van der Waals surface area contributed by atoms with Gasteiger partial charge in [0, 0.05) is 11.4 Å². The Morgan fingerprint density at radius 3 is 2.86 bits per heavy atom. The standard InChI is InChI=1S/C17H17NO2S/c19-17-18(10-4-8-16-9-5-11-21-16)15(13-20-17)12-14-6-2-1-3-7-14/h1-9,11,15H,10,12-13H2/b8-4+/t15-/m1/s1. The molecule has 21 heavy (non-hydrogen) atoms. The molecule has 4 heteroatoms. The molecule has 3 nitrogen and oxygen atoms in total. The minimum Gasteiger partial charge on any atom is -0.447 e. The summed E-state index contributed by atoms with van der Waals surface area (Å²) in [5.74, 6) is 0. The zero-order chi connectivity index (χ0) is 14.5. The van der Waals surface area contributed by atoms with Crippen LogP contribution >= 0.6 is 11.3 Å². The topological polar surface area (TPSA) is 29.5 Å². The molecule has 1 aromatic heterocycles. The molecule has 1 saturated heterocycles. The molecule has 0 N–H and O–H groups in total. The van der Waals surface area contributed by atoms with E-state index in [1.807, 2.05) is 35.7 Å². The molecular formula is C17H17NO2S. The number of rotatable bonds is 5. The lowest BCUT2D eigenvalue weighted by Gasteiger charge is -2.19. The molecule has 1 fully saturated rings. The van der Waals surface area contributed by atoms with Gasteiger partial charge >= 0.3 is 6.09 Å². The van der Waals surface area contributed by atoms with Crippen LogP contribution in [0.5, 0.6) is 0 Å². The van der Waals surface area contributed by atoms with Crippen molar-refractivity contribution in [3.8, 4) is 0 Å². The Bertz CT molecular complexity index is 607. The van der Waals surface area contributed by atoms with Crippen molar-refractivity contribution in [2.45, 2.75) is 12.5 Å². The van der Waals surface area contributed by atoms with E-state index >= 15 is 0 Å². The van der Waals surface area contributed by atoms with Crippen LogP contribution in [-0.4, -0.2) is 30.2 Å². The van der Waals surface area contributed by atoms with E-state index in [9.17, 15) is 4.79 Å². The van der Waals surface area contributed by atoms with Gasteiger partial charge in [0.25, 0.3) is 0 Å². The molecule has 2 aromatic rings. The van der Waals surface area contributed by atoms with E-state index < -0.39 is 0 Å². The first-order valence-corrected chi connectivity index (χ1v) is 7.88. The van der Waals surface area contributed by atoms with Gasteiger partial charge in [-0.1, -0.05) is 42.5 Å². The maximum atomic E-state index is 11.8. The van der Waals surface area contributed by atoms with Crippen molar-refractivity contribution >= 4 is 23.5 Å². The van der Waals surface area contributed by atoms with Crippen molar-refractivity contribution in [3.63, 3.8) is 0 Å². The van der Waals surface area contributed by atoms with Gasteiger partial charge in [-0.05, 0) is 29.5 Å². The molecule has 1 amide bonds. The Hall–Kier alpha value is -2.07. The Morgan fingerprint density at radius 1 is 1.24 bits per heavy atom. The van der Waals surface area contributed by atoms with Gasteiger partial charge in [-0.2, -0.15) is 0 Å². The lowest BCUT2D eigenvalue weighted by molar-refractivity contribution is 0.160. The molecule has 1 aliphatic heterocycles. The van der Waals surface area contributed by atoms with Gasteiger partial charge in [-0.15, -0.1) is 11.3 Å². The number of cyclic esters (lactones) is 1. The average molecular weight is 299 g/mol. The third-order valence-corrected chi connectivity index (χ3v) is 4.35. The molecule has 0 spiro atoms. The lowest BCUT2D eigenvalue weighted by Crippen LogP contribution is -2.35. The Morgan fingerprint density at radius 2 is 2.10 bits per heavy atom. The predicted molar refractivity (Wildman–Crippen MR) is 85.3 cm³/mol. The molecule has 0 radical (unpaired) electrons. The van der Waals surface area contributed by atoms with Crippen LogP contribution in [0.2, 0.25) is 0 Å². The third kappa shape index (κ3) is 3.52. The summed E-state index contributed by atoms with van der Waals surface area (Å²) in [6, 6.07) is 14.4. The highest BCUT2D eigenvalue weighted by Crippen LogP contribution is 2.18. The first kappa shape index (κ1) is 13.9. The maximum Gasteiger partial charge on any atom is 0.410 e. The number of ether oxygens (including phenoxy) is 1. The molecule has 2 heterocycles.